The van der Waals surface area contributed by atoms with Gasteiger partial charge in [0.15, 0.2) is 0 Å². The van der Waals surface area contributed by atoms with Gasteiger partial charge < -0.3 is 11.1 Å². The van der Waals surface area contributed by atoms with Crippen LogP contribution < -0.4 is 11.1 Å². The lowest BCUT2D eigenvalue weighted by atomic mass is 9.87. The van der Waals surface area contributed by atoms with Crippen molar-refractivity contribution in [3.8, 4) is 0 Å². The van der Waals surface area contributed by atoms with E-state index in [0.29, 0.717) is 28.8 Å². The summed E-state index contributed by atoms with van der Waals surface area (Å²) in [6.07, 6.45) is 9.58. The predicted octanol–water partition coefficient (Wildman–Crippen LogP) is 3.88. The maximum absolute atomic E-state index is 12.4. The number of anilines is 1. The van der Waals surface area contributed by atoms with Gasteiger partial charge in [-0.15, -0.1) is 11.3 Å². The molecule has 0 aliphatic heterocycles. The van der Waals surface area contributed by atoms with Gasteiger partial charge in [-0.05, 0) is 49.5 Å². The van der Waals surface area contributed by atoms with Crippen LogP contribution in [0.4, 0.5) is 5.00 Å². The first-order valence-corrected chi connectivity index (χ1v) is 9.60. The van der Waals surface area contributed by atoms with E-state index in [-0.39, 0.29) is 5.91 Å². The van der Waals surface area contributed by atoms with Gasteiger partial charge in [0.1, 0.15) is 5.00 Å². The summed E-state index contributed by atoms with van der Waals surface area (Å²) >= 11 is 1.55. The van der Waals surface area contributed by atoms with Crippen molar-refractivity contribution in [2.45, 2.75) is 64.7 Å². The molecule has 2 aliphatic rings. The maximum atomic E-state index is 12.4. The number of carbonyl (C=O) groups is 2. The molecule has 1 heterocycles. The summed E-state index contributed by atoms with van der Waals surface area (Å²) in [5, 5.41) is 3.67. The second-order valence-corrected chi connectivity index (χ2v) is 8.28. The molecule has 4 nitrogen and oxygen atoms in total. The van der Waals surface area contributed by atoms with Crippen molar-refractivity contribution in [3.05, 3.63) is 16.0 Å². The molecule has 0 spiro atoms. The van der Waals surface area contributed by atoms with E-state index in [2.05, 4.69) is 12.2 Å². The highest BCUT2D eigenvalue weighted by Crippen LogP contribution is 2.39. The summed E-state index contributed by atoms with van der Waals surface area (Å²) in [5.74, 6) is 0.749. The Labute approximate surface area is 141 Å². The number of hydrogen-bond acceptors (Lipinski definition) is 3. The first kappa shape index (κ1) is 16.5. The number of primary amides is 1. The topological polar surface area (TPSA) is 72.2 Å². The Morgan fingerprint density at radius 2 is 1.96 bits per heavy atom. The molecule has 1 aromatic heterocycles. The van der Waals surface area contributed by atoms with Crippen LogP contribution in [-0.4, -0.2) is 11.8 Å². The fraction of sp³-hybridized carbons (Fsp3) is 0.667. The second-order valence-electron chi connectivity index (χ2n) is 7.18. The highest BCUT2D eigenvalue weighted by molar-refractivity contribution is 7.17. The third kappa shape index (κ3) is 3.77. The molecule has 0 radical (unpaired) electrons. The molecule has 1 atom stereocenters. The summed E-state index contributed by atoms with van der Waals surface area (Å²) in [6.45, 7) is 2.23. The van der Waals surface area contributed by atoms with E-state index in [1.165, 1.54) is 24.1 Å². The van der Waals surface area contributed by atoms with E-state index in [4.69, 9.17) is 5.73 Å². The number of nitrogens with one attached hydrogen (secondary N) is 1. The van der Waals surface area contributed by atoms with Gasteiger partial charge in [0.2, 0.25) is 5.91 Å². The highest BCUT2D eigenvalue weighted by atomic mass is 32.1. The highest BCUT2D eigenvalue weighted by Gasteiger charge is 2.27. The summed E-state index contributed by atoms with van der Waals surface area (Å²) in [4.78, 5) is 25.5. The van der Waals surface area contributed by atoms with Gasteiger partial charge in [0, 0.05) is 11.3 Å². The lowest BCUT2D eigenvalue weighted by Crippen LogP contribution is -2.21. The Bertz CT molecular complexity index is 602. The van der Waals surface area contributed by atoms with Crippen molar-refractivity contribution in [1.82, 2.24) is 0 Å². The van der Waals surface area contributed by atoms with E-state index in [1.807, 2.05) is 0 Å². The number of hydrogen-bond donors (Lipinski definition) is 2. The molecule has 5 heteroatoms. The molecule has 0 aromatic carbocycles. The molecule has 126 valence electrons. The van der Waals surface area contributed by atoms with Crippen molar-refractivity contribution in [2.75, 3.05) is 5.32 Å². The quantitative estimate of drug-likeness (QED) is 0.877. The van der Waals surface area contributed by atoms with Gasteiger partial charge in [0.05, 0.1) is 5.56 Å². The standard InChI is InChI=1S/C18H26N2O2S/c1-11-7-8-13-14(9-11)23-18(16(13)17(19)22)20-15(21)10-12-5-3-2-4-6-12/h11-12H,2-10H2,1H3,(H2,19,22)(H,20,21). The number of amides is 2. The van der Waals surface area contributed by atoms with Crippen LogP contribution in [0.2, 0.25) is 0 Å². The monoisotopic (exact) mass is 334 g/mol. The van der Waals surface area contributed by atoms with Crippen molar-refractivity contribution in [3.63, 3.8) is 0 Å². The van der Waals surface area contributed by atoms with Gasteiger partial charge in [0.25, 0.3) is 5.91 Å². The molecule has 23 heavy (non-hydrogen) atoms. The first-order chi connectivity index (χ1) is 11.0. The summed E-state index contributed by atoms with van der Waals surface area (Å²) < 4.78 is 0. The minimum atomic E-state index is -0.412. The van der Waals surface area contributed by atoms with E-state index in [0.717, 1.165) is 37.7 Å². The fourth-order valence-corrected chi connectivity index (χ4v) is 5.36. The molecular weight excluding hydrogens is 308 g/mol. The van der Waals surface area contributed by atoms with Crippen molar-refractivity contribution in [2.24, 2.45) is 17.6 Å². The SMILES string of the molecule is CC1CCc2c(sc(NC(=O)CC3CCCCC3)c2C(N)=O)C1. The van der Waals surface area contributed by atoms with Crippen molar-refractivity contribution < 1.29 is 9.59 Å². The zero-order chi connectivity index (χ0) is 16.4. The average Bonchev–Trinajstić information content (AvgIpc) is 2.84. The number of thiophene rings is 1. The zero-order valence-corrected chi connectivity index (χ0v) is 14.6. The summed E-state index contributed by atoms with van der Waals surface area (Å²) in [5.41, 5.74) is 7.24. The molecule has 1 saturated carbocycles. The lowest BCUT2D eigenvalue weighted by Gasteiger charge is -2.20. The Morgan fingerprint density at radius 1 is 1.22 bits per heavy atom. The van der Waals surface area contributed by atoms with Gasteiger partial charge in [-0.2, -0.15) is 0 Å². The van der Waals surface area contributed by atoms with Crippen LogP contribution in [0.3, 0.4) is 0 Å². The predicted molar refractivity (Wildman–Crippen MR) is 93.8 cm³/mol. The van der Waals surface area contributed by atoms with Gasteiger partial charge in [-0.1, -0.05) is 26.2 Å². The molecule has 1 aromatic rings. The van der Waals surface area contributed by atoms with Gasteiger partial charge in [-0.3, -0.25) is 9.59 Å². The van der Waals surface area contributed by atoms with Crippen molar-refractivity contribution in [1.29, 1.82) is 0 Å². The molecule has 0 bridgehead atoms. The minimum absolute atomic E-state index is 0.0334. The molecule has 3 rings (SSSR count). The van der Waals surface area contributed by atoms with Crippen LogP contribution in [0.1, 0.15) is 72.7 Å². The van der Waals surface area contributed by atoms with Crippen LogP contribution in [0, 0.1) is 11.8 Å². The minimum Gasteiger partial charge on any atom is -0.365 e. The van der Waals surface area contributed by atoms with Crippen LogP contribution in [0.15, 0.2) is 0 Å². The van der Waals surface area contributed by atoms with Crippen molar-refractivity contribution >= 4 is 28.2 Å². The second kappa shape index (κ2) is 7.04. The fourth-order valence-electron chi connectivity index (χ4n) is 3.93. The van der Waals surface area contributed by atoms with E-state index < -0.39 is 5.91 Å². The smallest absolute Gasteiger partial charge is 0.251 e. The molecule has 0 saturated heterocycles. The van der Waals surface area contributed by atoms with Crippen LogP contribution in [0.5, 0.6) is 0 Å². The Balaban J connectivity index is 1.74. The van der Waals surface area contributed by atoms with Crippen LogP contribution in [-0.2, 0) is 17.6 Å². The normalized spacial score (nSPS) is 21.7. The van der Waals surface area contributed by atoms with Gasteiger partial charge in [-0.25, -0.2) is 0 Å². The number of rotatable bonds is 4. The van der Waals surface area contributed by atoms with E-state index in [1.54, 1.807) is 11.3 Å². The van der Waals surface area contributed by atoms with Crippen LogP contribution in [0.25, 0.3) is 0 Å². The molecule has 1 unspecified atom stereocenters. The van der Waals surface area contributed by atoms with E-state index >= 15 is 0 Å². The largest absolute Gasteiger partial charge is 0.365 e. The summed E-state index contributed by atoms with van der Waals surface area (Å²) in [6, 6.07) is 0. The van der Waals surface area contributed by atoms with Gasteiger partial charge >= 0.3 is 0 Å². The number of carbonyl (C=O) groups excluding carboxylic acids is 2. The number of fused-ring (bicyclic) bond motifs is 1. The number of nitrogens with two attached hydrogens (primary N) is 1. The third-order valence-corrected chi connectivity index (χ3v) is 6.38. The average molecular weight is 334 g/mol. The molecule has 3 N–H and O–H groups in total. The molecule has 1 fully saturated rings. The Kier molecular flexibility index (Phi) is 5.05. The molecule has 2 amide bonds. The Morgan fingerprint density at radius 3 is 2.65 bits per heavy atom. The summed E-state index contributed by atoms with van der Waals surface area (Å²) in [7, 11) is 0. The maximum Gasteiger partial charge on any atom is 0.251 e. The Hall–Kier alpha value is -1.36. The zero-order valence-electron chi connectivity index (χ0n) is 13.8. The van der Waals surface area contributed by atoms with E-state index in [9.17, 15) is 9.59 Å². The molecule has 2 aliphatic carbocycles. The van der Waals surface area contributed by atoms with Crippen LogP contribution >= 0.6 is 11.3 Å². The first-order valence-electron chi connectivity index (χ1n) is 8.78. The third-order valence-electron chi connectivity index (χ3n) is 5.21. The molecular formula is C18H26N2O2S. The lowest BCUT2D eigenvalue weighted by molar-refractivity contribution is -0.117.